The Morgan fingerprint density at radius 3 is 2.54 bits per heavy atom. The van der Waals surface area contributed by atoms with Crippen LogP contribution in [0.25, 0.3) is 0 Å². The molecule has 1 heterocycles. The first kappa shape index (κ1) is 16.7. The van der Waals surface area contributed by atoms with E-state index in [0.717, 1.165) is 6.54 Å². The molecule has 1 aliphatic rings. The highest BCUT2D eigenvalue weighted by Gasteiger charge is 2.40. The zero-order chi connectivity index (χ0) is 16.9. The largest absolute Gasteiger partial charge is 0.466 e. The summed E-state index contributed by atoms with van der Waals surface area (Å²) in [7, 11) is 0. The second kappa shape index (κ2) is 7.58. The summed E-state index contributed by atoms with van der Waals surface area (Å²) in [6.45, 7) is 4.14. The molecule has 3 rings (SSSR count). The predicted octanol–water partition coefficient (Wildman–Crippen LogP) is 3.60. The number of rotatable bonds is 5. The van der Waals surface area contributed by atoms with Gasteiger partial charge in [-0.3, -0.25) is 9.69 Å². The quantitative estimate of drug-likeness (QED) is 0.786. The third kappa shape index (κ3) is 3.65. The first-order valence-electron chi connectivity index (χ1n) is 8.36. The minimum Gasteiger partial charge on any atom is -0.466 e. The minimum atomic E-state index is -0.328. The van der Waals surface area contributed by atoms with Crippen molar-refractivity contribution in [2.45, 2.75) is 19.4 Å². The number of halogens is 1. The van der Waals surface area contributed by atoms with Crippen LogP contribution in [0.1, 0.15) is 24.0 Å². The summed E-state index contributed by atoms with van der Waals surface area (Å²) in [6, 6.07) is 16.8. The van der Waals surface area contributed by atoms with Crippen molar-refractivity contribution in [2.24, 2.45) is 5.92 Å². The first-order chi connectivity index (χ1) is 11.7. The molecule has 0 aromatic heterocycles. The van der Waals surface area contributed by atoms with Crippen molar-refractivity contribution < 1.29 is 13.9 Å². The summed E-state index contributed by atoms with van der Waals surface area (Å²) in [5.74, 6) is -0.987. The third-order valence-corrected chi connectivity index (χ3v) is 4.54. The van der Waals surface area contributed by atoms with Crippen molar-refractivity contribution in [2.75, 3.05) is 19.7 Å². The number of nitrogens with zero attached hydrogens (tertiary/aromatic N) is 1. The van der Waals surface area contributed by atoms with E-state index in [0.29, 0.717) is 25.3 Å². The highest BCUT2D eigenvalue weighted by Crippen LogP contribution is 2.35. The van der Waals surface area contributed by atoms with Crippen molar-refractivity contribution >= 4 is 5.97 Å². The Kier molecular flexibility index (Phi) is 5.26. The maximum absolute atomic E-state index is 14.2. The Morgan fingerprint density at radius 1 is 1.12 bits per heavy atom. The number of hydrogen-bond donors (Lipinski definition) is 0. The van der Waals surface area contributed by atoms with Crippen LogP contribution in [0.4, 0.5) is 4.39 Å². The molecule has 0 saturated carbocycles. The molecule has 24 heavy (non-hydrogen) atoms. The summed E-state index contributed by atoms with van der Waals surface area (Å²) >= 11 is 0. The van der Waals surface area contributed by atoms with Gasteiger partial charge in [-0.05, 0) is 24.1 Å². The molecular weight excluding hydrogens is 305 g/mol. The summed E-state index contributed by atoms with van der Waals surface area (Å²) in [5.41, 5.74) is 1.79. The van der Waals surface area contributed by atoms with Gasteiger partial charge in [0.2, 0.25) is 0 Å². The second-order valence-corrected chi connectivity index (χ2v) is 6.17. The third-order valence-electron chi connectivity index (χ3n) is 4.54. The Bertz CT molecular complexity index is 689. The standard InChI is InChI=1S/C20H22FNO2/c1-2-24-20(23)18-14-22(12-15-8-4-3-5-9-15)13-17(18)16-10-6-7-11-19(16)21/h3-11,17-18H,2,12-14H2,1H3/t17-,18+/m1/s1. The van der Waals surface area contributed by atoms with E-state index in [1.165, 1.54) is 11.6 Å². The Balaban J connectivity index is 1.82. The van der Waals surface area contributed by atoms with Crippen LogP contribution in [-0.2, 0) is 16.1 Å². The molecule has 4 heteroatoms. The van der Waals surface area contributed by atoms with Gasteiger partial charge in [0, 0.05) is 25.6 Å². The molecule has 1 fully saturated rings. The van der Waals surface area contributed by atoms with E-state index >= 15 is 0 Å². The second-order valence-electron chi connectivity index (χ2n) is 6.17. The van der Waals surface area contributed by atoms with Gasteiger partial charge < -0.3 is 4.74 Å². The summed E-state index contributed by atoms with van der Waals surface area (Å²) < 4.78 is 19.5. The van der Waals surface area contributed by atoms with Crippen LogP contribution >= 0.6 is 0 Å². The van der Waals surface area contributed by atoms with Crippen molar-refractivity contribution in [1.82, 2.24) is 4.90 Å². The maximum Gasteiger partial charge on any atom is 0.310 e. The average molecular weight is 327 g/mol. The Hall–Kier alpha value is -2.20. The molecule has 1 aliphatic heterocycles. The van der Waals surface area contributed by atoms with Crippen molar-refractivity contribution in [1.29, 1.82) is 0 Å². The lowest BCUT2D eigenvalue weighted by atomic mass is 9.88. The molecule has 0 aliphatic carbocycles. The fraction of sp³-hybridized carbons (Fsp3) is 0.350. The van der Waals surface area contributed by atoms with Gasteiger partial charge in [0.25, 0.3) is 0 Å². The topological polar surface area (TPSA) is 29.5 Å². The van der Waals surface area contributed by atoms with E-state index < -0.39 is 0 Å². The zero-order valence-electron chi connectivity index (χ0n) is 13.8. The molecule has 2 aromatic carbocycles. The number of likely N-dealkylation sites (tertiary alicyclic amines) is 1. The number of carbonyl (C=O) groups is 1. The highest BCUT2D eigenvalue weighted by molar-refractivity contribution is 5.74. The summed E-state index contributed by atoms with van der Waals surface area (Å²) in [5, 5.41) is 0. The van der Waals surface area contributed by atoms with Gasteiger partial charge in [-0.25, -0.2) is 4.39 Å². The number of carbonyl (C=O) groups excluding carboxylic acids is 1. The van der Waals surface area contributed by atoms with Crippen LogP contribution in [0, 0.1) is 11.7 Å². The van der Waals surface area contributed by atoms with Gasteiger partial charge in [-0.15, -0.1) is 0 Å². The Morgan fingerprint density at radius 2 is 1.83 bits per heavy atom. The van der Waals surface area contributed by atoms with Crippen LogP contribution < -0.4 is 0 Å². The van der Waals surface area contributed by atoms with Crippen LogP contribution in [0.2, 0.25) is 0 Å². The number of esters is 1. The molecule has 3 nitrogen and oxygen atoms in total. The van der Waals surface area contributed by atoms with E-state index in [4.69, 9.17) is 4.74 Å². The molecule has 0 bridgehead atoms. The van der Waals surface area contributed by atoms with E-state index in [2.05, 4.69) is 17.0 Å². The molecule has 126 valence electrons. The van der Waals surface area contributed by atoms with Crippen molar-refractivity contribution in [3.8, 4) is 0 Å². The van der Waals surface area contributed by atoms with Gasteiger partial charge in [0.15, 0.2) is 0 Å². The number of ether oxygens (including phenoxy) is 1. The van der Waals surface area contributed by atoms with Crippen LogP contribution in [0.3, 0.4) is 0 Å². The zero-order valence-corrected chi connectivity index (χ0v) is 13.8. The lowest BCUT2D eigenvalue weighted by Crippen LogP contribution is -2.25. The van der Waals surface area contributed by atoms with E-state index in [1.807, 2.05) is 24.3 Å². The van der Waals surface area contributed by atoms with E-state index in [9.17, 15) is 9.18 Å². The minimum absolute atomic E-state index is 0.172. The molecule has 2 aromatic rings. The lowest BCUT2D eigenvalue weighted by molar-refractivity contribution is -0.148. The number of hydrogen-bond acceptors (Lipinski definition) is 3. The predicted molar refractivity (Wildman–Crippen MR) is 91.0 cm³/mol. The van der Waals surface area contributed by atoms with Gasteiger partial charge in [0.05, 0.1) is 12.5 Å². The fourth-order valence-corrected chi connectivity index (χ4v) is 3.44. The van der Waals surface area contributed by atoms with Gasteiger partial charge in [-0.1, -0.05) is 48.5 Å². The fourth-order valence-electron chi connectivity index (χ4n) is 3.44. The van der Waals surface area contributed by atoms with Crippen LogP contribution in [0.5, 0.6) is 0 Å². The van der Waals surface area contributed by atoms with Gasteiger partial charge in [-0.2, -0.15) is 0 Å². The van der Waals surface area contributed by atoms with Crippen LogP contribution in [0.15, 0.2) is 54.6 Å². The monoisotopic (exact) mass is 327 g/mol. The molecule has 2 atom stereocenters. The molecular formula is C20H22FNO2. The first-order valence-corrected chi connectivity index (χ1v) is 8.36. The molecule has 0 spiro atoms. The molecule has 0 N–H and O–H groups in total. The normalized spacial score (nSPS) is 20.9. The molecule has 1 saturated heterocycles. The highest BCUT2D eigenvalue weighted by atomic mass is 19.1. The SMILES string of the molecule is CCOC(=O)[C@H]1CN(Cc2ccccc2)C[C@@H]1c1ccccc1F. The number of benzene rings is 2. The average Bonchev–Trinajstić information content (AvgIpc) is 3.00. The van der Waals surface area contributed by atoms with Gasteiger partial charge >= 0.3 is 5.97 Å². The Labute approximate surface area is 142 Å². The molecule has 0 amide bonds. The summed E-state index contributed by atoms with van der Waals surface area (Å²) in [6.07, 6.45) is 0. The summed E-state index contributed by atoms with van der Waals surface area (Å²) in [4.78, 5) is 14.6. The van der Waals surface area contributed by atoms with Crippen molar-refractivity contribution in [3.63, 3.8) is 0 Å². The van der Waals surface area contributed by atoms with Crippen molar-refractivity contribution in [3.05, 3.63) is 71.5 Å². The van der Waals surface area contributed by atoms with E-state index in [-0.39, 0.29) is 23.6 Å². The van der Waals surface area contributed by atoms with E-state index in [1.54, 1.807) is 19.1 Å². The molecule has 0 radical (unpaired) electrons. The lowest BCUT2D eigenvalue weighted by Gasteiger charge is -2.18. The van der Waals surface area contributed by atoms with Gasteiger partial charge in [0.1, 0.15) is 5.82 Å². The smallest absolute Gasteiger partial charge is 0.310 e. The molecule has 0 unspecified atom stereocenters. The van der Waals surface area contributed by atoms with Crippen LogP contribution in [-0.4, -0.2) is 30.6 Å². The maximum atomic E-state index is 14.2.